The van der Waals surface area contributed by atoms with Crippen LogP contribution in [0.3, 0.4) is 0 Å². The number of unbranched alkanes of at least 4 members (excludes halogenated alkanes) is 20. The first kappa shape index (κ1) is 40.6. The maximum Gasteiger partial charge on any atom is 0.132 e. The molecule has 0 aromatic heterocycles. The fourth-order valence-corrected chi connectivity index (χ4v) is 6.31. The summed E-state index contributed by atoms with van der Waals surface area (Å²) in [5.74, 6) is 1.43. The summed E-state index contributed by atoms with van der Waals surface area (Å²) in [6, 6.07) is 0. The lowest BCUT2D eigenvalue weighted by Gasteiger charge is -2.21. The van der Waals surface area contributed by atoms with Crippen molar-refractivity contribution >= 4 is 5.78 Å². The fraction of sp³-hybridized carbons (Fsp3) is 0.974. The number of rotatable bonds is 35. The Balaban J connectivity index is 3.63. The molecule has 0 amide bonds. The maximum absolute atomic E-state index is 12.2. The molecule has 0 spiro atoms. The lowest BCUT2D eigenvalue weighted by atomic mass is 9.92. The van der Waals surface area contributed by atoms with Crippen LogP contribution in [0.2, 0.25) is 0 Å². The van der Waals surface area contributed by atoms with Crippen LogP contribution in [0.4, 0.5) is 0 Å². The van der Waals surface area contributed by atoms with Crippen molar-refractivity contribution in [3.8, 4) is 0 Å². The first-order valence-electron chi connectivity index (χ1n) is 19.0. The van der Waals surface area contributed by atoms with Gasteiger partial charge in [-0.25, -0.2) is 0 Å². The van der Waals surface area contributed by atoms with Crippen LogP contribution in [0.15, 0.2) is 0 Å². The average molecular weight is 580 g/mol. The molecule has 0 bridgehead atoms. The summed E-state index contributed by atoms with van der Waals surface area (Å²) in [5.41, 5.74) is 0. The summed E-state index contributed by atoms with van der Waals surface area (Å²) in [7, 11) is 0. The van der Waals surface area contributed by atoms with Gasteiger partial charge in [0.25, 0.3) is 0 Å². The predicted octanol–water partition coefficient (Wildman–Crippen LogP) is 11.8. The van der Waals surface area contributed by atoms with E-state index in [0.717, 1.165) is 64.1 Å². The summed E-state index contributed by atoms with van der Waals surface area (Å²) in [6.07, 6.45) is 37.7. The van der Waals surface area contributed by atoms with Crippen molar-refractivity contribution in [3.05, 3.63) is 0 Å². The van der Waals surface area contributed by atoms with Gasteiger partial charge in [0, 0.05) is 19.4 Å². The van der Waals surface area contributed by atoms with Gasteiger partial charge >= 0.3 is 0 Å². The van der Waals surface area contributed by atoms with Crippen molar-refractivity contribution < 1.29 is 9.90 Å². The molecule has 41 heavy (non-hydrogen) atoms. The molecule has 0 aliphatic carbocycles. The van der Waals surface area contributed by atoms with E-state index >= 15 is 0 Å². The highest BCUT2D eigenvalue weighted by Gasteiger charge is 2.08. The minimum absolute atomic E-state index is 0.258. The minimum Gasteiger partial charge on any atom is -0.395 e. The number of nitrogens with zero attached hydrogens (tertiary/aromatic N) is 1. The van der Waals surface area contributed by atoms with E-state index in [9.17, 15) is 9.90 Å². The van der Waals surface area contributed by atoms with Crippen LogP contribution in [0.5, 0.6) is 0 Å². The Labute approximate surface area is 259 Å². The zero-order valence-electron chi connectivity index (χ0n) is 28.7. The highest BCUT2D eigenvalue weighted by atomic mass is 16.3. The van der Waals surface area contributed by atoms with Crippen LogP contribution >= 0.6 is 0 Å². The van der Waals surface area contributed by atoms with Crippen molar-refractivity contribution in [1.82, 2.24) is 4.90 Å². The van der Waals surface area contributed by atoms with E-state index in [4.69, 9.17) is 0 Å². The topological polar surface area (TPSA) is 40.5 Å². The van der Waals surface area contributed by atoms with Crippen molar-refractivity contribution in [2.45, 2.75) is 207 Å². The summed E-state index contributed by atoms with van der Waals surface area (Å²) in [5, 5.41) is 9.48. The van der Waals surface area contributed by atoms with Gasteiger partial charge in [0.2, 0.25) is 0 Å². The Morgan fingerprint density at radius 1 is 0.488 bits per heavy atom. The second kappa shape index (κ2) is 34.1. The molecule has 0 saturated carbocycles. The van der Waals surface area contributed by atoms with E-state index < -0.39 is 0 Å². The Kier molecular flexibility index (Phi) is 33.7. The first-order chi connectivity index (χ1) is 20.2. The fourth-order valence-electron chi connectivity index (χ4n) is 6.31. The molecule has 0 rings (SSSR count). The molecule has 0 fully saturated rings. The summed E-state index contributed by atoms with van der Waals surface area (Å²) in [6.45, 7) is 10.2. The van der Waals surface area contributed by atoms with Crippen molar-refractivity contribution in [1.29, 1.82) is 0 Å². The zero-order valence-corrected chi connectivity index (χ0v) is 28.7. The summed E-state index contributed by atoms with van der Waals surface area (Å²) >= 11 is 0. The molecule has 0 aromatic rings. The molecule has 0 radical (unpaired) electrons. The molecule has 3 nitrogen and oxygen atoms in total. The van der Waals surface area contributed by atoms with E-state index in [0.29, 0.717) is 5.78 Å². The van der Waals surface area contributed by atoms with Gasteiger partial charge in [0.15, 0.2) is 0 Å². The number of aliphatic hydroxyl groups is 1. The first-order valence-corrected chi connectivity index (χ1v) is 19.0. The number of Topliss-reactive ketones (excluding diaryl/α,β-unsaturated/α-hetero) is 1. The normalized spacial score (nSPS) is 12.4. The van der Waals surface area contributed by atoms with Crippen molar-refractivity contribution in [2.75, 3.05) is 26.2 Å². The molecule has 0 aromatic carbocycles. The monoisotopic (exact) mass is 580 g/mol. The number of carbonyl (C=O) groups is 1. The largest absolute Gasteiger partial charge is 0.395 e. The van der Waals surface area contributed by atoms with Gasteiger partial charge in [-0.15, -0.1) is 0 Å². The summed E-state index contributed by atoms with van der Waals surface area (Å²) < 4.78 is 0. The molecule has 246 valence electrons. The number of aliphatic hydroxyl groups excluding tert-OH is 1. The average Bonchev–Trinajstić information content (AvgIpc) is 2.97. The molecular formula is C38H77NO2. The van der Waals surface area contributed by atoms with Gasteiger partial charge in [0.05, 0.1) is 6.61 Å². The molecule has 1 atom stereocenters. The third-order valence-electron chi connectivity index (χ3n) is 9.29. The van der Waals surface area contributed by atoms with Crippen LogP contribution in [0, 0.1) is 5.92 Å². The standard InChI is InChI=1S/C38H77NO2/c1-4-7-9-11-13-14-15-16-20-25-31-38(41)32-26-22-28-34-39(35-36-40)33-27-21-17-19-24-30-37(6-3)29-23-18-12-10-8-5-2/h37,40H,4-36H2,1-3H3. The third-order valence-corrected chi connectivity index (χ3v) is 9.29. The third kappa shape index (κ3) is 30.8. The Morgan fingerprint density at radius 2 is 0.854 bits per heavy atom. The maximum atomic E-state index is 12.2. The molecule has 1 N–H and O–H groups in total. The Hall–Kier alpha value is -0.410. The van der Waals surface area contributed by atoms with Gasteiger partial charge < -0.3 is 10.0 Å². The van der Waals surface area contributed by atoms with Gasteiger partial charge in [-0.1, -0.05) is 168 Å². The second-order valence-electron chi connectivity index (χ2n) is 13.2. The van der Waals surface area contributed by atoms with E-state index in [-0.39, 0.29) is 6.61 Å². The highest BCUT2D eigenvalue weighted by Crippen LogP contribution is 2.21. The van der Waals surface area contributed by atoms with Crippen molar-refractivity contribution in [3.63, 3.8) is 0 Å². The quantitative estimate of drug-likeness (QED) is 0.0759. The molecule has 0 aliphatic heterocycles. The predicted molar refractivity (Wildman–Crippen MR) is 183 cm³/mol. The molecule has 0 saturated heterocycles. The van der Waals surface area contributed by atoms with Gasteiger partial charge in [-0.3, -0.25) is 4.79 Å². The number of hydrogen-bond acceptors (Lipinski definition) is 3. The van der Waals surface area contributed by atoms with Crippen LogP contribution in [0.25, 0.3) is 0 Å². The van der Waals surface area contributed by atoms with E-state index in [1.165, 1.54) is 148 Å². The molecule has 0 heterocycles. The zero-order chi connectivity index (χ0) is 30.1. The van der Waals surface area contributed by atoms with Gasteiger partial charge in [-0.2, -0.15) is 0 Å². The van der Waals surface area contributed by atoms with Crippen LogP contribution in [-0.2, 0) is 4.79 Å². The van der Waals surface area contributed by atoms with Crippen molar-refractivity contribution in [2.24, 2.45) is 5.92 Å². The Morgan fingerprint density at radius 3 is 1.27 bits per heavy atom. The molecule has 0 aliphatic rings. The number of hydrogen-bond donors (Lipinski definition) is 1. The summed E-state index contributed by atoms with van der Waals surface area (Å²) in [4.78, 5) is 14.7. The number of ketones is 1. The highest BCUT2D eigenvalue weighted by molar-refractivity contribution is 5.78. The SMILES string of the molecule is CCCCCCCCCCCCC(=O)CCCCCN(CCO)CCCCCCCC(CC)CCCCCCCC. The van der Waals surface area contributed by atoms with Crippen LogP contribution in [-0.4, -0.2) is 42.0 Å². The molecular weight excluding hydrogens is 502 g/mol. The lowest BCUT2D eigenvalue weighted by molar-refractivity contribution is -0.119. The van der Waals surface area contributed by atoms with E-state index in [2.05, 4.69) is 25.7 Å². The van der Waals surface area contributed by atoms with Crippen LogP contribution in [0.1, 0.15) is 207 Å². The lowest BCUT2D eigenvalue weighted by Crippen LogP contribution is -2.29. The Bertz CT molecular complexity index is 509. The molecule has 3 heteroatoms. The smallest absolute Gasteiger partial charge is 0.132 e. The second-order valence-corrected chi connectivity index (χ2v) is 13.2. The van der Waals surface area contributed by atoms with Crippen LogP contribution < -0.4 is 0 Å². The van der Waals surface area contributed by atoms with Gasteiger partial charge in [0.1, 0.15) is 5.78 Å². The van der Waals surface area contributed by atoms with E-state index in [1.807, 2.05) is 0 Å². The number of carbonyl (C=O) groups excluding carboxylic acids is 1. The van der Waals surface area contributed by atoms with Gasteiger partial charge in [-0.05, 0) is 44.7 Å². The molecule has 1 unspecified atom stereocenters. The van der Waals surface area contributed by atoms with E-state index in [1.54, 1.807) is 0 Å². The minimum atomic E-state index is 0.258.